The molecule has 3 aromatic rings. The molecule has 5 nitrogen and oxygen atoms in total. The van der Waals surface area contributed by atoms with Crippen molar-refractivity contribution in [2.24, 2.45) is 5.92 Å². The van der Waals surface area contributed by atoms with Crippen LogP contribution in [-0.4, -0.2) is 20.9 Å². The maximum atomic E-state index is 12.1. The number of benzene rings is 3. The van der Waals surface area contributed by atoms with Crippen molar-refractivity contribution in [3.8, 4) is 28.7 Å². The molecule has 0 unspecified atom stereocenters. The molecule has 2 aliphatic carbocycles. The number of esters is 1. The van der Waals surface area contributed by atoms with Crippen LogP contribution in [0.2, 0.25) is 18.1 Å². The monoisotopic (exact) mass is 581 g/mol. The first-order valence-electron chi connectivity index (χ1n) is 15.1. The van der Waals surface area contributed by atoms with Gasteiger partial charge in [-0.1, -0.05) is 39.0 Å². The molecule has 0 spiro atoms. The molecule has 3 atom stereocenters. The van der Waals surface area contributed by atoms with Crippen LogP contribution in [0, 0.1) is 31.1 Å². The van der Waals surface area contributed by atoms with Gasteiger partial charge in [0.1, 0.15) is 17.6 Å². The standard InChI is InChI=1S/C36H43NO4Si/c1-9-39-35(38)31-20-30(31)24-10-13-26(14-11-24)40-32-17-16-29-28(32)15-12-25(21-37)34(29)33-22(2)18-27(19-23(33)3)41-42(7,8)36(4,5)6/h10-15,18-19,30-32H,9,16-17,20H2,1-8H3/t30-,31-,32-/m1/s1. The van der Waals surface area contributed by atoms with E-state index >= 15 is 0 Å². The molecule has 5 rings (SSSR count). The van der Waals surface area contributed by atoms with E-state index in [0.717, 1.165) is 64.1 Å². The Morgan fingerprint density at radius 3 is 2.26 bits per heavy atom. The smallest absolute Gasteiger partial charge is 0.309 e. The number of carbonyl (C=O) groups excluding carboxylic acids is 1. The summed E-state index contributed by atoms with van der Waals surface area (Å²) in [6, 6.07) is 18.9. The topological polar surface area (TPSA) is 68.5 Å². The number of nitrogens with zero attached hydrogens (tertiary/aromatic N) is 1. The van der Waals surface area contributed by atoms with Crippen LogP contribution < -0.4 is 9.16 Å². The Morgan fingerprint density at radius 1 is 1.00 bits per heavy atom. The average molecular weight is 582 g/mol. The lowest BCUT2D eigenvalue weighted by Crippen LogP contribution is -2.43. The number of rotatable bonds is 8. The minimum atomic E-state index is -1.98. The third-order valence-corrected chi connectivity index (χ3v) is 13.7. The Balaban J connectivity index is 1.39. The van der Waals surface area contributed by atoms with Crippen molar-refractivity contribution in [1.29, 1.82) is 5.26 Å². The van der Waals surface area contributed by atoms with Crippen molar-refractivity contribution < 1.29 is 18.7 Å². The van der Waals surface area contributed by atoms with E-state index in [1.165, 1.54) is 5.56 Å². The fraction of sp³-hybridized carbons (Fsp3) is 0.444. The highest BCUT2D eigenvalue weighted by molar-refractivity contribution is 6.74. The number of hydrogen-bond acceptors (Lipinski definition) is 5. The van der Waals surface area contributed by atoms with Crippen LogP contribution in [0.1, 0.15) is 85.9 Å². The van der Waals surface area contributed by atoms with Crippen LogP contribution in [0.25, 0.3) is 11.1 Å². The Hall–Kier alpha value is -3.56. The largest absolute Gasteiger partial charge is 0.543 e. The van der Waals surface area contributed by atoms with E-state index in [-0.39, 0.29) is 28.9 Å². The number of aryl methyl sites for hydroxylation is 2. The third-order valence-electron chi connectivity index (χ3n) is 9.37. The van der Waals surface area contributed by atoms with E-state index in [4.69, 9.17) is 13.9 Å². The molecule has 0 N–H and O–H groups in total. The van der Waals surface area contributed by atoms with Crippen LogP contribution in [0.4, 0.5) is 0 Å². The molecule has 220 valence electrons. The molecule has 0 bridgehead atoms. The van der Waals surface area contributed by atoms with Crippen molar-refractivity contribution >= 4 is 14.3 Å². The normalized spacial score (nSPS) is 19.5. The third kappa shape index (κ3) is 5.72. The summed E-state index contributed by atoms with van der Waals surface area (Å²) in [4.78, 5) is 12.1. The Bertz CT molecular complexity index is 1520. The number of ether oxygens (including phenoxy) is 2. The van der Waals surface area contributed by atoms with Gasteiger partial charge in [0.2, 0.25) is 8.32 Å². The van der Waals surface area contributed by atoms with Crippen LogP contribution in [0.3, 0.4) is 0 Å². The van der Waals surface area contributed by atoms with E-state index in [1.807, 2.05) is 25.1 Å². The zero-order valence-electron chi connectivity index (χ0n) is 26.3. The van der Waals surface area contributed by atoms with E-state index in [0.29, 0.717) is 12.2 Å². The molecule has 2 aliphatic rings. The molecule has 0 amide bonds. The molecule has 0 saturated heterocycles. The van der Waals surface area contributed by atoms with Gasteiger partial charge in [0.25, 0.3) is 0 Å². The number of fused-ring (bicyclic) bond motifs is 1. The fourth-order valence-electron chi connectivity index (χ4n) is 6.02. The number of carbonyl (C=O) groups is 1. The summed E-state index contributed by atoms with van der Waals surface area (Å²) in [5.41, 5.74) is 8.60. The maximum absolute atomic E-state index is 12.1. The van der Waals surface area contributed by atoms with Gasteiger partial charge in [-0.05, 0) is 128 Å². The van der Waals surface area contributed by atoms with Gasteiger partial charge in [0, 0.05) is 5.56 Å². The maximum Gasteiger partial charge on any atom is 0.309 e. The Morgan fingerprint density at radius 2 is 1.67 bits per heavy atom. The lowest BCUT2D eigenvalue weighted by atomic mass is 9.87. The van der Waals surface area contributed by atoms with E-state index in [9.17, 15) is 10.1 Å². The molecular weight excluding hydrogens is 538 g/mol. The molecule has 1 saturated carbocycles. The van der Waals surface area contributed by atoms with Gasteiger partial charge in [-0.25, -0.2) is 0 Å². The summed E-state index contributed by atoms with van der Waals surface area (Å²) in [6.07, 6.45) is 2.48. The van der Waals surface area contributed by atoms with Crippen LogP contribution in [0.5, 0.6) is 11.5 Å². The Labute approximate surface area is 252 Å². The summed E-state index contributed by atoms with van der Waals surface area (Å²) in [6.45, 7) is 17.8. The zero-order chi connectivity index (χ0) is 30.4. The quantitative estimate of drug-likeness (QED) is 0.196. The van der Waals surface area contributed by atoms with Crippen molar-refractivity contribution in [3.63, 3.8) is 0 Å². The van der Waals surface area contributed by atoms with Gasteiger partial charge >= 0.3 is 5.97 Å². The van der Waals surface area contributed by atoms with E-state index in [2.05, 4.69) is 84.1 Å². The molecule has 1 fully saturated rings. The second kappa shape index (κ2) is 11.3. The first-order chi connectivity index (χ1) is 19.8. The van der Waals surface area contributed by atoms with Gasteiger partial charge in [0.15, 0.2) is 0 Å². The molecule has 0 radical (unpaired) electrons. The van der Waals surface area contributed by atoms with Gasteiger partial charge in [-0.15, -0.1) is 0 Å². The van der Waals surface area contributed by atoms with Gasteiger partial charge < -0.3 is 13.9 Å². The van der Waals surface area contributed by atoms with Gasteiger partial charge in [0.05, 0.1) is 24.2 Å². The molecule has 42 heavy (non-hydrogen) atoms. The van der Waals surface area contributed by atoms with Crippen LogP contribution >= 0.6 is 0 Å². The molecule has 3 aromatic carbocycles. The molecule has 6 heteroatoms. The molecule has 0 heterocycles. The first-order valence-corrected chi connectivity index (χ1v) is 18.0. The molecule has 0 aliphatic heterocycles. The number of hydrogen-bond donors (Lipinski definition) is 0. The summed E-state index contributed by atoms with van der Waals surface area (Å²) in [5.74, 6) is 1.85. The lowest BCUT2D eigenvalue weighted by molar-refractivity contribution is -0.144. The highest BCUT2D eigenvalue weighted by atomic mass is 28.4. The SMILES string of the molecule is CCOC(=O)[C@@H]1C[C@@H]1c1ccc(O[C@@H]2CCc3c2ccc(C#N)c3-c2c(C)cc(O[Si](C)(C)C(C)(C)C)cc2C)cc1. The Kier molecular flexibility index (Phi) is 8.02. The van der Waals surface area contributed by atoms with Crippen LogP contribution in [-0.2, 0) is 16.0 Å². The first kappa shape index (κ1) is 29.9. The van der Waals surface area contributed by atoms with Crippen molar-refractivity contribution in [3.05, 3.63) is 81.9 Å². The zero-order valence-corrected chi connectivity index (χ0v) is 27.3. The van der Waals surface area contributed by atoms with Crippen molar-refractivity contribution in [2.75, 3.05) is 6.61 Å². The summed E-state index contributed by atoms with van der Waals surface area (Å²) in [7, 11) is -1.98. The highest BCUT2D eigenvalue weighted by Crippen LogP contribution is 2.49. The summed E-state index contributed by atoms with van der Waals surface area (Å²) >= 11 is 0. The summed E-state index contributed by atoms with van der Waals surface area (Å²) in [5, 5.41) is 10.2. The summed E-state index contributed by atoms with van der Waals surface area (Å²) < 4.78 is 18.3. The minimum absolute atomic E-state index is 0.0224. The average Bonchev–Trinajstić information content (AvgIpc) is 3.62. The fourth-order valence-corrected chi connectivity index (χ4v) is 7.04. The second-order valence-corrected chi connectivity index (χ2v) is 18.1. The highest BCUT2D eigenvalue weighted by Gasteiger charge is 2.45. The van der Waals surface area contributed by atoms with Crippen molar-refractivity contribution in [2.45, 2.75) is 91.0 Å². The predicted molar refractivity (Wildman–Crippen MR) is 170 cm³/mol. The molecular formula is C36H43NO4Si. The second-order valence-electron chi connectivity index (χ2n) is 13.4. The lowest BCUT2D eigenvalue weighted by Gasteiger charge is -2.36. The van der Waals surface area contributed by atoms with Gasteiger partial charge in [-0.3, -0.25) is 4.79 Å². The number of nitriles is 1. The van der Waals surface area contributed by atoms with Crippen molar-refractivity contribution in [1.82, 2.24) is 0 Å². The minimum Gasteiger partial charge on any atom is -0.543 e. The van der Waals surface area contributed by atoms with Gasteiger partial charge in [-0.2, -0.15) is 5.26 Å². The molecule has 0 aromatic heterocycles. The van der Waals surface area contributed by atoms with E-state index < -0.39 is 8.32 Å². The van der Waals surface area contributed by atoms with Crippen LogP contribution in [0.15, 0.2) is 48.5 Å². The predicted octanol–water partition coefficient (Wildman–Crippen LogP) is 8.96. The van der Waals surface area contributed by atoms with E-state index in [1.54, 1.807) is 0 Å².